The summed E-state index contributed by atoms with van der Waals surface area (Å²) in [7, 11) is 1.63. The van der Waals surface area contributed by atoms with Gasteiger partial charge in [0.2, 0.25) is 0 Å². The molecule has 4 rings (SSSR count). The van der Waals surface area contributed by atoms with Crippen molar-refractivity contribution in [1.29, 1.82) is 0 Å². The van der Waals surface area contributed by atoms with E-state index >= 15 is 0 Å². The molecule has 178 valence electrons. The molecule has 0 spiro atoms. The van der Waals surface area contributed by atoms with Crippen LogP contribution in [-0.4, -0.2) is 39.4 Å². The molecule has 0 fully saturated rings. The number of amides is 1. The van der Waals surface area contributed by atoms with E-state index < -0.39 is 17.7 Å². The monoisotopic (exact) mass is 468 g/mol. The molecule has 0 saturated heterocycles. The zero-order chi connectivity index (χ0) is 24.8. The zero-order valence-corrected chi connectivity index (χ0v) is 20.3. The molecule has 1 atom stereocenters. The lowest BCUT2D eigenvalue weighted by molar-refractivity contribution is 0.0516. The lowest BCUT2D eigenvalue weighted by atomic mass is 10.1. The fourth-order valence-corrected chi connectivity index (χ4v) is 3.51. The summed E-state index contributed by atoms with van der Waals surface area (Å²) in [5.74, 6) is 7.01. The molecule has 1 N–H and O–H groups in total. The Kier molecular flexibility index (Phi) is 7.02. The number of ether oxygens (including phenoxy) is 2. The summed E-state index contributed by atoms with van der Waals surface area (Å²) in [5.41, 5.74) is 1.99. The van der Waals surface area contributed by atoms with Crippen molar-refractivity contribution >= 4 is 16.9 Å². The summed E-state index contributed by atoms with van der Waals surface area (Å²) in [4.78, 5) is 21.0. The second-order valence-corrected chi connectivity index (χ2v) is 9.09. The van der Waals surface area contributed by atoms with E-state index in [0.29, 0.717) is 12.1 Å². The lowest BCUT2D eigenvalue weighted by Crippen LogP contribution is -2.39. The Morgan fingerprint density at radius 3 is 2.66 bits per heavy atom. The molecule has 0 unspecified atom stereocenters. The highest BCUT2D eigenvalue weighted by Crippen LogP contribution is 2.18. The quantitative estimate of drug-likeness (QED) is 0.421. The Hall–Kier alpha value is -4.31. The van der Waals surface area contributed by atoms with Crippen molar-refractivity contribution in [3.05, 3.63) is 84.7 Å². The number of rotatable bonds is 5. The highest BCUT2D eigenvalue weighted by atomic mass is 16.6. The predicted octanol–water partition coefficient (Wildman–Crippen LogP) is 4.92. The Bertz CT molecular complexity index is 1380. The van der Waals surface area contributed by atoms with E-state index in [4.69, 9.17) is 9.47 Å². The van der Waals surface area contributed by atoms with Gasteiger partial charge in [-0.05, 0) is 68.0 Å². The van der Waals surface area contributed by atoms with Gasteiger partial charge in [-0.2, -0.15) is 0 Å². The van der Waals surface area contributed by atoms with Crippen molar-refractivity contribution < 1.29 is 14.3 Å². The summed E-state index contributed by atoms with van der Waals surface area (Å²) in [6, 6.07) is 15.3. The van der Waals surface area contributed by atoms with Crippen molar-refractivity contribution in [2.75, 3.05) is 7.11 Å². The van der Waals surface area contributed by atoms with E-state index in [1.54, 1.807) is 19.6 Å². The maximum absolute atomic E-state index is 12.4. The number of hydrogen-bond acceptors (Lipinski definition) is 5. The van der Waals surface area contributed by atoms with E-state index in [0.717, 1.165) is 27.8 Å². The van der Waals surface area contributed by atoms with E-state index in [1.165, 1.54) is 0 Å². The third kappa shape index (κ3) is 6.61. The minimum absolute atomic E-state index is 0.462. The summed E-state index contributed by atoms with van der Waals surface area (Å²) in [6.45, 7) is 5.48. The Morgan fingerprint density at radius 2 is 1.91 bits per heavy atom. The molecule has 0 aliphatic heterocycles. The van der Waals surface area contributed by atoms with Crippen LogP contribution < -0.4 is 10.1 Å². The van der Waals surface area contributed by atoms with Crippen LogP contribution in [0.1, 0.15) is 32.0 Å². The lowest BCUT2D eigenvalue weighted by Gasteiger charge is -2.21. The predicted molar refractivity (Wildman–Crippen MR) is 136 cm³/mol. The van der Waals surface area contributed by atoms with Crippen LogP contribution in [0, 0.1) is 11.8 Å². The van der Waals surface area contributed by atoms with Gasteiger partial charge >= 0.3 is 6.09 Å². The topological polar surface area (TPSA) is 78.3 Å². The SMILES string of the molecule is COc1ccc(C[C@@H](C#Cc2cn(-c3ccc4cnccc4c3)cn2)NC(=O)OC(C)(C)C)cc1. The first-order valence-corrected chi connectivity index (χ1v) is 11.3. The summed E-state index contributed by atoms with van der Waals surface area (Å²) in [5, 5.41) is 5.05. The molecular formula is C28H28N4O3. The van der Waals surface area contributed by atoms with Gasteiger partial charge in [0.25, 0.3) is 0 Å². The molecule has 0 saturated carbocycles. The average Bonchev–Trinajstić information content (AvgIpc) is 3.30. The molecular weight excluding hydrogens is 440 g/mol. The number of hydrogen-bond donors (Lipinski definition) is 1. The molecule has 2 aromatic heterocycles. The van der Waals surface area contributed by atoms with Gasteiger partial charge in [-0.25, -0.2) is 9.78 Å². The van der Waals surface area contributed by atoms with Crippen LogP contribution >= 0.6 is 0 Å². The first kappa shape index (κ1) is 23.8. The van der Waals surface area contributed by atoms with E-state index in [2.05, 4.69) is 33.2 Å². The van der Waals surface area contributed by atoms with Crippen LogP contribution in [0.25, 0.3) is 16.5 Å². The molecule has 35 heavy (non-hydrogen) atoms. The number of alkyl carbamates (subject to hydrolysis) is 1. The van der Waals surface area contributed by atoms with Crippen LogP contribution in [0.15, 0.2) is 73.4 Å². The number of benzene rings is 2. The highest BCUT2D eigenvalue weighted by molar-refractivity contribution is 5.83. The number of imidazole rings is 1. The Balaban J connectivity index is 1.54. The van der Waals surface area contributed by atoms with Gasteiger partial charge in [0.1, 0.15) is 23.4 Å². The van der Waals surface area contributed by atoms with E-state index in [-0.39, 0.29) is 0 Å². The van der Waals surface area contributed by atoms with Crippen LogP contribution in [0.4, 0.5) is 4.79 Å². The van der Waals surface area contributed by atoms with Crippen molar-refractivity contribution in [3.8, 4) is 23.3 Å². The average molecular weight is 469 g/mol. The maximum atomic E-state index is 12.4. The number of fused-ring (bicyclic) bond motifs is 1. The first-order chi connectivity index (χ1) is 16.8. The van der Waals surface area contributed by atoms with Gasteiger partial charge in [-0.1, -0.05) is 24.1 Å². The van der Waals surface area contributed by atoms with Crippen molar-refractivity contribution in [3.63, 3.8) is 0 Å². The van der Waals surface area contributed by atoms with E-state index in [9.17, 15) is 4.79 Å². The van der Waals surface area contributed by atoms with Gasteiger partial charge in [0.15, 0.2) is 0 Å². The fourth-order valence-electron chi connectivity index (χ4n) is 3.51. The minimum atomic E-state index is -0.600. The first-order valence-electron chi connectivity index (χ1n) is 11.3. The third-order valence-corrected chi connectivity index (χ3v) is 5.17. The highest BCUT2D eigenvalue weighted by Gasteiger charge is 2.19. The van der Waals surface area contributed by atoms with Gasteiger partial charge in [0.05, 0.1) is 13.2 Å². The second kappa shape index (κ2) is 10.3. The number of carbonyl (C=O) groups excluding carboxylic acids is 1. The summed E-state index contributed by atoms with van der Waals surface area (Å²) >= 11 is 0. The number of carbonyl (C=O) groups is 1. The molecule has 7 heteroatoms. The third-order valence-electron chi connectivity index (χ3n) is 5.17. The number of nitrogens with one attached hydrogen (secondary N) is 1. The molecule has 0 aliphatic carbocycles. The fraction of sp³-hybridized carbons (Fsp3) is 0.250. The van der Waals surface area contributed by atoms with Crippen LogP contribution in [-0.2, 0) is 11.2 Å². The minimum Gasteiger partial charge on any atom is -0.497 e. The zero-order valence-electron chi connectivity index (χ0n) is 20.3. The standard InChI is InChI=1S/C28H28N4O3/c1-28(2,3)35-27(33)31-23(15-20-5-11-26(34-4)12-6-20)8-9-24-18-32(19-30-24)25-10-7-22-17-29-14-13-21(22)16-25/h5-7,10-14,16-19,23H,15H2,1-4H3,(H,31,33)/t23-/m1/s1. The van der Waals surface area contributed by atoms with Crippen LogP contribution in [0.3, 0.4) is 0 Å². The molecule has 4 aromatic rings. The molecule has 2 aromatic carbocycles. The van der Waals surface area contributed by atoms with Crippen LogP contribution in [0.2, 0.25) is 0 Å². The molecule has 0 bridgehead atoms. The molecule has 0 aliphatic rings. The van der Waals surface area contributed by atoms with Gasteiger partial charge < -0.3 is 19.4 Å². The molecule has 2 heterocycles. The van der Waals surface area contributed by atoms with Gasteiger partial charge in [0, 0.05) is 36.1 Å². The maximum Gasteiger partial charge on any atom is 0.408 e. The number of aromatic nitrogens is 3. The molecule has 1 amide bonds. The van der Waals surface area contributed by atoms with Crippen molar-refractivity contribution in [2.45, 2.75) is 38.8 Å². The van der Waals surface area contributed by atoms with E-state index in [1.807, 2.05) is 80.2 Å². The van der Waals surface area contributed by atoms with Gasteiger partial charge in [-0.15, -0.1) is 0 Å². The number of nitrogens with zero attached hydrogens (tertiary/aromatic N) is 3. The number of methoxy groups -OCH3 is 1. The summed E-state index contributed by atoms with van der Waals surface area (Å²) in [6.07, 6.45) is 7.21. The summed E-state index contributed by atoms with van der Waals surface area (Å²) < 4.78 is 12.6. The number of pyridine rings is 1. The largest absolute Gasteiger partial charge is 0.497 e. The smallest absolute Gasteiger partial charge is 0.408 e. The Morgan fingerprint density at radius 1 is 1.11 bits per heavy atom. The molecule has 0 radical (unpaired) electrons. The Labute approximate surface area is 205 Å². The second-order valence-electron chi connectivity index (χ2n) is 9.09. The van der Waals surface area contributed by atoms with Crippen molar-refractivity contribution in [1.82, 2.24) is 19.9 Å². The van der Waals surface area contributed by atoms with Gasteiger partial charge in [-0.3, -0.25) is 4.98 Å². The normalized spacial score (nSPS) is 11.9. The molecule has 7 nitrogen and oxygen atoms in total. The van der Waals surface area contributed by atoms with Crippen LogP contribution in [0.5, 0.6) is 5.75 Å². The van der Waals surface area contributed by atoms with Crippen molar-refractivity contribution in [2.24, 2.45) is 0 Å².